The molecule has 0 bridgehead atoms. The van der Waals surface area contributed by atoms with E-state index in [1.807, 2.05) is 98.8 Å². The van der Waals surface area contributed by atoms with Crippen molar-refractivity contribution in [1.82, 2.24) is 14.5 Å². The van der Waals surface area contributed by atoms with E-state index in [9.17, 15) is 9.22 Å². The number of aryl methyl sites for hydroxylation is 1. The number of fused-ring (bicyclic) bond motifs is 1. The molecule has 2 aromatic heterocycles. The smallest absolute Gasteiger partial charge is 0.149 e. The molecule has 0 aliphatic rings. The number of rotatable bonds is 9. The summed E-state index contributed by atoms with van der Waals surface area (Å²) < 4.78 is 132. The summed E-state index contributed by atoms with van der Waals surface area (Å²) >= 11 is 0. The number of phenolic OH excluding ortho intramolecular Hbond substituents is 1. The van der Waals surface area contributed by atoms with Gasteiger partial charge in [0, 0.05) is 35.3 Å². The number of nitrogens with zero attached hydrogens (tertiary/aromatic N) is 3. The van der Waals surface area contributed by atoms with Crippen molar-refractivity contribution in [2.24, 2.45) is 0 Å². The second-order valence-corrected chi connectivity index (χ2v) is 17.0. The van der Waals surface area contributed by atoms with E-state index in [1.54, 1.807) is 12.1 Å². The molecule has 9 rings (SSSR count). The van der Waals surface area contributed by atoms with Crippen LogP contribution in [0.15, 0.2) is 164 Å². The molecule has 2 heterocycles. The van der Waals surface area contributed by atoms with Gasteiger partial charge in [-0.2, -0.15) is 0 Å². The average Bonchev–Trinajstić information content (AvgIpc) is 3.49. The van der Waals surface area contributed by atoms with Crippen LogP contribution in [0.1, 0.15) is 108 Å². The van der Waals surface area contributed by atoms with E-state index in [0.29, 0.717) is 44.7 Å². The normalized spacial score (nSPS) is 15.8. The van der Waals surface area contributed by atoms with Crippen molar-refractivity contribution in [3.63, 3.8) is 0 Å². The molecule has 7 aromatic carbocycles. The van der Waals surface area contributed by atoms with Crippen molar-refractivity contribution in [2.75, 3.05) is 0 Å². The lowest BCUT2D eigenvalue weighted by molar-refractivity contribution is 0.466. The monoisotopic (exact) mass is 851 g/mol. The molecular weight excluding hydrogens is 779 g/mol. The van der Waals surface area contributed by atoms with Crippen LogP contribution in [0.3, 0.4) is 0 Å². The second kappa shape index (κ2) is 16.9. The topological polar surface area (TPSA) is 50.9 Å². The zero-order chi connectivity index (χ0) is 57.6. The summed E-state index contributed by atoms with van der Waals surface area (Å²) in [5, 5.41) is 12.3. The van der Waals surface area contributed by atoms with Gasteiger partial charge in [0.25, 0.3) is 0 Å². The van der Waals surface area contributed by atoms with Crippen LogP contribution in [-0.4, -0.2) is 19.6 Å². The lowest BCUT2D eigenvalue weighted by atomic mass is 9.86. The Kier molecular flexibility index (Phi) is 7.37. The Labute approximate surface area is 400 Å². The number of aromatic hydroxyl groups is 1. The molecule has 4 heteroatoms. The van der Waals surface area contributed by atoms with Gasteiger partial charge in [0.1, 0.15) is 11.6 Å². The van der Waals surface area contributed by atoms with Gasteiger partial charge >= 0.3 is 0 Å². The van der Waals surface area contributed by atoms with E-state index in [1.165, 1.54) is 0 Å². The molecule has 0 aliphatic carbocycles. The van der Waals surface area contributed by atoms with Crippen LogP contribution in [0, 0.1) is 13.8 Å². The molecule has 0 saturated carbocycles. The number of pyridine rings is 1. The van der Waals surface area contributed by atoms with Crippen molar-refractivity contribution in [2.45, 2.75) is 79.3 Å². The third kappa shape index (κ3) is 8.05. The number of imidazole rings is 1. The first kappa shape index (κ1) is 27.9. The molecule has 318 valence electrons. The van der Waals surface area contributed by atoms with E-state index in [4.69, 9.17) is 21.4 Å². The highest BCUT2D eigenvalue weighted by molar-refractivity contribution is 5.98. The van der Waals surface area contributed by atoms with Crippen molar-refractivity contribution < 1.29 is 25.7 Å². The quantitative estimate of drug-likeness (QED) is 0.157. The molecule has 0 fully saturated rings. The van der Waals surface area contributed by atoms with Crippen LogP contribution in [0.5, 0.6) is 5.75 Å². The molecule has 0 atom stereocenters. The number of hydrogen-bond donors (Lipinski definition) is 1. The first-order valence-corrected chi connectivity index (χ1v) is 21.4. The predicted octanol–water partition coefficient (Wildman–Crippen LogP) is 16.3. The molecule has 1 N–H and O–H groups in total. The summed E-state index contributed by atoms with van der Waals surface area (Å²) in [5.41, 5.74) is 5.36. The zero-order valence-corrected chi connectivity index (χ0v) is 36.6. The van der Waals surface area contributed by atoms with Gasteiger partial charge in [0.15, 0.2) is 0 Å². The SMILES string of the molecule is [2H]c1cnc(-c2cc(-c3ccccc3)cc(-c3cccc4c3nc(-c3cc(C(C)C)cc(C(C)C)c3O)n4-c3cc(C)c(C)c(-c4ccccc4)c3)c2)c([2H])c1-c1c([2H])c([2H])c(C(C([2H])([2H])[2H])(C([2H])([2H])[2H])C([2H])([2H])[2H])c([2H])c1[2H]. The lowest BCUT2D eigenvalue weighted by Gasteiger charge is -2.19. The first-order valence-electron chi connectivity index (χ1n) is 28.9. The standard InChI is InChI=1S/C60H57N3O/c1-37(2)45-33-52(38(3)4)58(64)54(34-45)59-62-57-51(21-16-22-56(57)63(59)50-29-39(5)40(6)53(36-50)43-19-14-11-15-20-43)47-30-46(41-17-12-10-13-18-41)31-48(32-47)55-35-44(27-28-61-55)42-23-25-49(26-24-42)60(7,8)9/h10-38,64H,1-9H3/i7D3,8D3,9D3,23D,24D,25D,26D,27D,35D. The fraction of sp³-hybridized carbons (Fsp3) is 0.200. The van der Waals surface area contributed by atoms with Gasteiger partial charge in [0.2, 0.25) is 0 Å². The summed E-state index contributed by atoms with van der Waals surface area (Å²) in [6.07, 6.45) is 1.08. The zero-order valence-electron chi connectivity index (χ0n) is 51.6. The lowest BCUT2D eigenvalue weighted by Crippen LogP contribution is -2.10. The second-order valence-electron chi connectivity index (χ2n) is 17.0. The molecule has 0 spiro atoms. The predicted molar refractivity (Wildman–Crippen MR) is 269 cm³/mol. The number of para-hydroxylation sites is 1. The molecule has 9 aromatic rings. The highest BCUT2D eigenvalue weighted by Gasteiger charge is 2.25. The maximum atomic E-state index is 12.3. The Hall–Kier alpha value is -7.04. The van der Waals surface area contributed by atoms with Crippen LogP contribution in [0.25, 0.3) is 83.9 Å². The number of phenols is 1. The Morgan fingerprint density at radius 1 is 0.609 bits per heavy atom. The fourth-order valence-corrected chi connectivity index (χ4v) is 8.26. The van der Waals surface area contributed by atoms with Crippen LogP contribution < -0.4 is 0 Å². The fourth-order valence-electron chi connectivity index (χ4n) is 8.26. The van der Waals surface area contributed by atoms with Gasteiger partial charge in [-0.3, -0.25) is 9.55 Å². The highest BCUT2D eigenvalue weighted by Crippen LogP contribution is 2.44. The van der Waals surface area contributed by atoms with E-state index >= 15 is 0 Å². The van der Waals surface area contributed by atoms with Crippen LogP contribution in [0.2, 0.25) is 0 Å². The van der Waals surface area contributed by atoms with Gasteiger partial charge < -0.3 is 5.11 Å². The summed E-state index contributed by atoms with van der Waals surface area (Å²) in [4.78, 5) is 10.1. The van der Waals surface area contributed by atoms with Gasteiger partial charge in [0.05, 0.1) is 30.5 Å². The van der Waals surface area contributed by atoms with Crippen molar-refractivity contribution in [3.8, 4) is 78.6 Å². The molecule has 0 amide bonds. The molecule has 0 unspecified atom stereocenters. The van der Waals surface area contributed by atoms with Crippen molar-refractivity contribution in [1.29, 1.82) is 0 Å². The maximum Gasteiger partial charge on any atom is 0.149 e. The molecular formula is C60H57N3O. The summed E-state index contributed by atoms with van der Waals surface area (Å²) in [5.74, 6) is 0.699. The Balaban J connectivity index is 1.33. The number of benzene rings is 7. The van der Waals surface area contributed by atoms with E-state index in [-0.39, 0.29) is 23.3 Å². The van der Waals surface area contributed by atoms with E-state index in [2.05, 4.69) is 61.5 Å². The third-order valence-corrected chi connectivity index (χ3v) is 11.9. The molecule has 0 saturated heterocycles. The minimum absolute atomic E-state index is 0.0250. The number of hydrogen-bond acceptors (Lipinski definition) is 3. The van der Waals surface area contributed by atoms with Crippen LogP contribution >= 0.6 is 0 Å². The van der Waals surface area contributed by atoms with Crippen molar-refractivity contribution >= 4 is 11.0 Å². The molecule has 0 aliphatic heterocycles. The first-order chi connectivity index (χ1) is 37.0. The summed E-state index contributed by atoms with van der Waals surface area (Å²) in [7, 11) is 0. The third-order valence-electron chi connectivity index (χ3n) is 11.9. The summed E-state index contributed by atoms with van der Waals surface area (Å²) in [6.45, 7) is 0.783. The van der Waals surface area contributed by atoms with Crippen LogP contribution in [-0.2, 0) is 5.41 Å². The highest BCUT2D eigenvalue weighted by atomic mass is 16.3. The molecule has 0 radical (unpaired) electrons. The summed E-state index contributed by atoms with van der Waals surface area (Å²) in [6, 6.07) is 33.6. The molecule has 4 nitrogen and oxygen atoms in total. The maximum absolute atomic E-state index is 12.3. The van der Waals surface area contributed by atoms with E-state index < -0.39 is 78.9 Å². The Morgan fingerprint density at radius 3 is 1.98 bits per heavy atom. The minimum atomic E-state index is -3.89. The average molecular weight is 851 g/mol. The Morgan fingerprint density at radius 2 is 1.30 bits per heavy atom. The largest absolute Gasteiger partial charge is 0.507 e. The Bertz CT molecular complexity index is 3800. The van der Waals surface area contributed by atoms with Crippen molar-refractivity contribution in [3.05, 3.63) is 192 Å². The number of aromatic nitrogens is 3. The minimum Gasteiger partial charge on any atom is -0.507 e. The van der Waals surface area contributed by atoms with Gasteiger partial charge in [-0.1, -0.05) is 151 Å². The van der Waals surface area contributed by atoms with E-state index in [0.717, 1.165) is 50.8 Å². The van der Waals surface area contributed by atoms with Crippen LogP contribution in [0.4, 0.5) is 0 Å². The van der Waals surface area contributed by atoms with Gasteiger partial charge in [-0.05, 0) is 152 Å². The molecule has 64 heavy (non-hydrogen) atoms. The van der Waals surface area contributed by atoms with Gasteiger partial charge in [-0.15, -0.1) is 0 Å². The van der Waals surface area contributed by atoms with Gasteiger partial charge in [-0.25, -0.2) is 4.98 Å².